The van der Waals surface area contributed by atoms with E-state index in [0.717, 1.165) is 0 Å². The van der Waals surface area contributed by atoms with Crippen molar-refractivity contribution in [2.45, 2.75) is 18.9 Å². The second kappa shape index (κ2) is 8.68. The first-order chi connectivity index (χ1) is 8.50. The molecular weight excluding hydrogens is 261 g/mol. The number of amides is 1. The van der Waals surface area contributed by atoms with Crippen LogP contribution in [0.2, 0.25) is 0 Å². The summed E-state index contributed by atoms with van der Waals surface area (Å²) in [4.78, 5) is 32.9. The molecule has 0 saturated heterocycles. The Labute approximate surface area is 132 Å². The van der Waals surface area contributed by atoms with E-state index < -0.39 is 23.9 Å². The van der Waals surface area contributed by atoms with Gasteiger partial charge in [0.1, 0.15) is 6.04 Å². The van der Waals surface area contributed by atoms with E-state index in [2.05, 4.69) is 5.32 Å². The molecule has 1 aromatic rings. The van der Waals surface area contributed by atoms with Gasteiger partial charge < -0.3 is 15.5 Å². The topological polar surface area (TPSA) is 104 Å². The van der Waals surface area contributed by atoms with Crippen molar-refractivity contribution in [3.05, 3.63) is 35.9 Å². The van der Waals surface area contributed by atoms with E-state index in [1.165, 1.54) is 0 Å². The number of carboxylic acids is 2. The molecule has 0 bridgehead atoms. The Balaban J connectivity index is 0.00000324. The average Bonchev–Trinajstić information content (AvgIpc) is 2.34. The standard InChI is InChI=1S/C12H13NO5.Na.H/c14-10(15)7-6-9(12(17)18)13-11(16)8-4-2-1-3-5-8;;/h1-5,9H,6-7H2,(H,13,16)(H,14,15)(H,17,18);;/t9-;;/m0../s1. The van der Waals surface area contributed by atoms with Crippen molar-refractivity contribution in [2.75, 3.05) is 0 Å². The average molecular weight is 275 g/mol. The maximum atomic E-state index is 11.7. The summed E-state index contributed by atoms with van der Waals surface area (Å²) in [6, 6.07) is 6.94. The Kier molecular flexibility index (Phi) is 8.06. The predicted molar refractivity (Wildman–Crippen MR) is 69.4 cm³/mol. The molecule has 0 aliphatic heterocycles. The molecule has 1 amide bonds. The van der Waals surface area contributed by atoms with Crippen LogP contribution < -0.4 is 5.32 Å². The summed E-state index contributed by atoms with van der Waals surface area (Å²) in [7, 11) is 0. The van der Waals surface area contributed by atoms with Crippen LogP contribution in [-0.2, 0) is 9.59 Å². The molecule has 6 nitrogen and oxygen atoms in total. The molecule has 0 radical (unpaired) electrons. The number of carbonyl (C=O) groups is 3. The third kappa shape index (κ3) is 6.37. The number of aliphatic carboxylic acids is 2. The zero-order chi connectivity index (χ0) is 13.5. The minimum absolute atomic E-state index is 0. The fraction of sp³-hybridized carbons (Fsp3) is 0.250. The number of hydrogen-bond acceptors (Lipinski definition) is 3. The second-order valence-corrected chi connectivity index (χ2v) is 3.66. The number of hydrogen-bond donors (Lipinski definition) is 3. The van der Waals surface area contributed by atoms with Crippen LogP contribution in [0.4, 0.5) is 0 Å². The van der Waals surface area contributed by atoms with Crippen molar-refractivity contribution in [2.24, 2.45) is 0 Å². The van der Waals surface area contributed by atoms with Gasteiger partial charge in [-0.25, -0.2) is 4.79 Å². The van der Waals surface area contributed by atoms with E-state index in [1.54, 1.807) is 30.3 Å². The molecule has 3 N–H and O–H groups in total. The van der Waals surface area contributed by atoms with Crippen LogP contribution in [0.1, 0.15) is 23.2 Å². The van der Waals surface area contributed by atoms with Crippen LogP contribution in [0.15, 0.2) is 30.3 Å². The Morgan fingerprint density at radius 2 is 1.68 bits per heavy atom. The molecule has 0 heterocycles. The van der Waals surface area contributed by atoms with E-state index in [9.17, 15) is 14.4 Å². The number of rotatable bonds is 6. The Hall–Kier alpha value is -1.37. The molecule has 0 aromatic heterocycles. The Morgan fingerprint density at radius 3 is 2.16 bits per heavy atom. The Morgan fingerprint density at radius 1 is 1.11 bits per heavy atom. The SMILES string of the molecule is O=C(O)CC[C@H](NC(=O)c1ccccc1)C(=O)O.[NaH]. The first-order valence-corrected chi connectivity index (χ1v) is 5.31. The van der Waals surface area contributed by atoms with Crippen molar-refractivity contribution in [1.82, 2.24) is 5.32 Å². The zero-order valence-corrected chi connectivity index (χ0v) is 9.50. The number of carbonyl (C=O) groups excluding carboxylic acids is 1. The van der Waals surface area contributed by atoms with Crippen LogP contribution >= 0.6 is 0 Å². The van der Waals surface area contributed by atoms with Crippen molar-refractivity contribution in [3.8, 4) is 0 Å². The van der Waals surface area contributed by atoms with Gasteiger partial charge in [-0.1, -0.05) is 18.2 Å². The van der Waals surface area contributed by atoms with Gasteiger partial charge in [0, 0.05) is 12.0 Å². The van der Waals surface area contributed by atoms with Crippen molar-refractivity contribution in [1.29, 1.82) is 0 Å². The van der Waals surface area contributed by atoms with Crippen molar-refractivity contribution >= 4 is 47.4 Å². The summed E-state index contributed by atoms with van der Waals surface area (Å²) in [6.07, 6.45) is -0.463. The minimum atomic E-state index is -1.25. The molecule has 1 atom stereocenters. The first-order valence-electron chi connectivity index (χ1n) is 5.31. The third-order valence-electron chi connectivity index (χ3n) is 2.29. The maximum absolute atomic E-state index is 11.7. The zero-order valence-electron chi connectivity index (χ0n) is 9.50. The Bertz CT molecular complexity index is 449. The van der Waals surface area contributed by atoms with Gasteiger partial charge in [-0.05, 0) is 18.6 Å². The molecule has 0 unspecified atom stereocenters. The predicted octanol–water partition coefficient (Wildman–Crippen LogP) is 0.0859. The van der Waals surface area contributed by atoms with E-state index in [1.807, 2.05) is 0 Å². The normalized spacial score (nSPS) is 10.9. The van der Waals surface area contributed by atoms with E-state index >= 15 is 0 Å². The van der Waals surface area contributed by atoms with Gasteiger partial charge in [0.05, 0.1) is 0 Å². The van der Waals surface area contributed by atoms with Gasteiger partial charge >= 0.3 is 41.5 Å². The molecule has 0 aliphatic rings. The van der Waals surface area contributed by atoms with Crippen LogP contribution in [0.25, 0.3) is 0 Å². The molecule has 0 aliphatic carbocycles. The molecule has 1 aromatic carbocycles. The molecule has 19 heavy (non-hydrogen) atoms. The van der Waals surface area contributed by atoms with Gasteiger partial charge in [-0.2, -0.15) is 0 Å². The van der Waals surface area contributed by atoms with Gasteiger partial charge in [-0.3, -0.25) is 9.59 Å². The van der Waals surface area contributed by atoms with Crippen LogP contribution in [-0.4, -0.2) is 63.7 Å². The number of carboxylic acid groups (broad SMARTS) is 2. The summed E-state index contributed by atoms with van der Waals surface area (Å²) >= 11 is 0. The molecule has 0 saturated carbocycles. The third-order valence-corrected chi connectivity index (χ3v) is 2.29. The first kappa shape index (κ1) is 17.6. The van der Waals surface area contributed by atoms with Gasteiger partial charge in [0.25, 0.3) is 5.91 Å². The van der Waals surface area contributed by atoms with Crippen molar-refractivity contribution in [3.63, 3.8) is 0 Å². The van der Waals surface area contributed by atoms with E-state index in [0.29, 0.717) is 5.56 Å². The van der Waals surface area contributed by atoms with Crippen LogP contribution in [0.3, 0.4) is 0 Å². The van der Waals surface area contributed by atoms with Crippen LogP contribution in [0, 0.1) is 0 Å². The van der Waals surface area contributed by atoms with E-state index in [-0.39, 0.29) is 42.4 Å². The molecule has 7 heteroatoms. The van der Waals surface area contributed by atoms with Gasteiger partial charge in [0.2, 0.25) is 0 Å². The fourth-order valence-corrected chi connectivity index (χ4v) is 1.36. The van der Waals surface area contributed by atoms with Crippen LogP contribution in [0.5, 0.6) is 0 Å². The molecule has 0 spiro atoms. The summed E-state index contributed by atoms with van der Waals surface area (Å²) in [5.41, 5.74) is 0.332. The van der Waals surface area contributed by atoms with Gasteiger partial charge in [0.15, 0.2) is 0 Å². The van der Waals surface area contributed by atoms with E-state index in [4.69, 9.17) is 10.2 Å². The summed E-state index contributed by atoms with van der Waals surface area (Å²) < 4.78 is 0. The number of nitrogens with one attached hydrogen (secondary N) is 1. The summed E-state index contributed by atoms with van der Waals surface area (Å²) in [5.74, 6) is -2.89. The monoisotopic (exact) mass is 275 g/mol. The summed E-state index contributed by atoms with van der Waals surface area (Å²) in [6.45, 7) is 0. The molecular formula is C12H14NNaO5. The molecule has 0 fully saturated rings. The molecule has 98 valence electrons. The quantitative estimate of drug-likeness (QED) is 0.638. The number of benzene rings is 1. The molecule has 1 rings (SSSR count). The van der Waals surface area contributed by atoms with Gasteiger partial charge in [-0.15, -0.1) is 0 Å². The fourth-order valence-electron chi connectivity index (χ4n) is 1.36. The van der Waals surface area contributed by atoms with Crippen molar-refractivity contribution < 1.29 is 24.6 Å². The summed E-state index contributed by atoms with van der Waals surface area (Å²) in [5, 5.41) is 19.7. The second-order valence-electron chi connectivity index (χ2n) is 3.66.